The van der Waals surface area contributed by atoms with E-state index in [4.69, 9.17) is 0 Å². The SMILES string of the molecule is CC(C)(C)CCCCCC[N+](C)(C)CC(=O)[O-]. The Morgan fingerprint density at radius 3 is 2.06 bits per heavy atom. The van der Waals surface area contributed by atoms with Crippen molar-refractivity contribution in [2.75, 3.05) is 27.2 Å². The standard InChI is InChI=1S/C14H29NO2/c1-14(2,3)10-8-6-7-9-11-15(4,5)12-13(16)17/h6-12H2,1-5H3. The van der Waals surface area contributed by atoms with Gasteiger partial charge in [-0.2, -0.15) is 0 Å². The topological polar surface area (TPSA) is 40.1 Å². The van der Waals surface area contributed by atoms with Gasteiger partial charge in [0.2, 0.25) is 0 Å². The number of aliphatic carboxylic acids is 1. The second kappa shape index (κ2) is 7.00. The van der Waals surface area contributed by atoms with Gasteiger partial charge in [-0.1, -0.05) is 33.6 Å². The van der Waals surface area contributed by atoms with Gasteiger partial charge >= 0.3 is 0 Å². The Labute approximate surface area is 106 Å². The summed E-state index contributed by atoms with van der Waals surface area (Å²) in [4.78, 5) is 10.5. The van der Waals surface area contributed by atoms with Crippen LogP contribution in [0.2, 0.25) is 0 Å². The molecule has 0 rings (SSSR count). The molecule has 0 aromatic rings. The van der Waals surface area contributed by atoms with Gasteiger partial charge in [0.05, 0.1) is 26.6 Å². The summed E-state index contributed by atoms with van der Waals surface area (Å²) < 4.78 is 0.529. The Morgan fingerprint density at radius 2 is 1.59 bits per heavy atom. The first-order valence-corrected chi connectivity index (χ1v) is 6.64. The maximum Gasteiger partial charge on any atom is 0.119 e. The van der Waals surface area contributed by atoms with Gasteiger partial charge in [-0.3, -0.25) is 0 Å². The molecule has 0 N–H and O–H groups in total. The Kier molecular flexibility index (Phi) is 6.76. The van der Waals surface area contributed by atoms with E-state index in [0.717, 1.165) is 13.0 Å². The molecule has 0 bridgehead atoms. The molecular weight excluding hydrogens is 214 g/mol. The van der Waals surface area contributed by atoms with Crippen LogP contribution in [0, 0.1) is 5.41 Å². The quantitative estimate of drug-likeness (QED) is 0.482. The number of rotatable bonds is 8. The zero-order valence-electron chi connectivity index (χ0n) is 12.2. The van der Waals surface area contributed by atoms with Gasteiger partial charge in [-0.05, 0) is 24.7 Å². The molecule has 0 aromatic heterocycles. The Bertz CT molecular complexity index is 229. The molecule has 0 aromatic carbocycles. The number of carbonyl (C=O) groups is 1. The summed E-state index contributed by atoms with van der Waals surface area (Å²) in [7, 11) is 3.90. The van der Waals surface area contributed by atoms with Crippen molar-refractivity contribution < 1.29 is 14.4 Å². The lowest BCUT2D eigenvalue weighted by molar-refractivity contribution is -0.885. The lowest BCUT2D eigenvalue weighted by Gasteiger charge is -2.30. The number of carboxylic acids is 1. The van der Waals surface area contributed by atoms with Crippen LogP contribution in [-0.4, -0.2) is 37.6 Å². The van der Waals surface area contributed by atoms with E-state index in [1.54, 1.807) is 0 Å². The summed E-state index contributed by atoms with van der Waals surface area (Å²) in [5.74, 6) is -0.956. The summed E-state index contributed by atoms with van der Waals surface area (Å²) in [6.07, 6.45) is 6.10. The highest BCUT2D eigenvalue weighted by Gasteiger charge is 2.14. The maximum atomic E-state index is 10.5. The third kappa shape index (κ3) is 11.7. The molecule has 0 heterocycles. The Balaban J connectivity index is 3.54. The second-order valence-corrected chi connectivity index (χ2v) is 6.91. The van der Waals surface area contributed by atoms with Crippen LogP contribution in [0.4, 0.5) is 0 Å². The number of carboxylic acid groups (broad SMARTS) is 1. The molecule has 0 aliphatic heterocycles. The number of nitrogens with zero attached hydrogens (tertiary/aromatic N) is 1. The van der Waals surface area contributed by atoms with E-state index < -0.39 is 5.97 Å². The molecule has 0 spiro atoms. The fourth-order valence-corrected chi connectivity index (χ4v) is 1.98. The van der Waals surface area contributed by atoms with E-state index in [-0.39, 0.29) is 6.54 Å². The third-order valence-electron chi connectivity index (χ3n) is 3.00. The highest BCUT2D eigenvalue weighted by Crippen LogP contribution is 2.22. The van der Waals surface area contributed by atoms with Crippen LogP contribution in [0.25, 0.3) is 0 Å². The normalized spacial score (nSPS) is 12.8. The average molecular weight is 243 g/mol. The Hall–Kier alpha value is -0.570. The molecule has 0 saturated carbocycles. The first kappa shape index (κ1) is 16.4. The van der Waals surface area contributed by atoms with Crippen molar-refractivity contribution in [3.63, 3.8) is 0 Å². The van der Waals surface area contributed by atoms with Crippen LogP contribution in [0.1, 0.15) is 52.9 Å². The molecule has 17 heavy (non-hydrogen) atoms. The van der Waals surface area contributed by atoms with Gasteiger partial charge < -0.3 is 14.4 Å². The van der Waals surface area contributed by atoms with E-state index in [1.807, 2.05) is 14.1 Å². The van der Waals surface area contributed by atoms with E-state index in [2.05, 4.69) is 20.8 Å². The van der Waals surface area contributed by atoms with Crippen LogP contribution < -0.4 is 5.11 Å². The molecule has 0 fully saturated rings. The molecule has 0 unspecified atom stereocenters. The fraction of sp³-hybridized carbons (Fsp3) is 0.929. The molecule has 0 saturated heterocycles. The van der Waals surface area contributed by atoms with Crippen molar-refractivity contribution >= 4 is 5.97 Å². The summed E-state index contributed by atoms with van der Waals surface area (Å²) in [6, 6.07) is 0. The zero-order chi connectivity index (χ0) is 13.5. The third-order valence-corrected chi connectivity index (χ3v) is 3.00. The first-order chi connectivity index (χ1) is 7.62. The van der Waals surface area contributed by atoms with E-state index in [0.29, 0.717) is 9.90 Å². The van der Waals surface area contributed by atoms with Crippen LogP contribution in [-0.2, 0) is 4.79 Å². The minimum atomic E-state index is -0.956. The van der Waals surface area contributed by atoms with Gasteiger partial charge in [0, 0.05) is 0 Å². The Morgan fingerprint density at radius 1 is 1.06 bits per heavy atom. The predicted octanol–water partition coefficient (Wildman–Crippen LogP) is 1.81. The van der Waals surface area contributed by atoms with Crippen molar-refractivity contribution in [2.24, 2.45) is 5.41 Å². The molecule has 3 heteroatoms. The molecular formula is C14H29NO2. The van der Waals surface area contributed by atoms with Crippen molar-refractivity contribution in [3.05, 3.63) is 0 Å². The lowest BCUT2D eigenvalue weighted by Crippen LogP contribution is -2.48. The first-order valence-electron chi connectivity index (χ1n) is 6.64. The van der Waals surface area contributed by atoms with Crippen molar-refractivity contribution in [3.8, 4) is 0 Å². The minimum Gasteiger partial charge on any atom is -0.544 e. The highest BCUT2D eigenvalue weighted by molar-refractivity contribution is 5.65. The van der Waals surface area contributed by atoms with Gasteiger partial charge in [0.15, 0.2) is 0 Å². The number of unbranched alkanes of at least 4 members (excludes halogenated alkanes) is 3. The molecule has 102 valence electrons. The molecule has 3 nitrogen and oxygen atoms in total. The lowest BCUT2D eigenvalue weighted by atomic mass is 9.89. The van der Waals surface area contributed by atoms with E-state index >= 15 is 0 Å². The minimum absolute atomic E-state index is 0.113. The van der Waals surface area contributed by atoms with Crippen LogP contribution in [0.5, 0.6) is 0 Å². The summed E-state index contributed by atoms with van der Waals surface area (Å²) in [5.41, 5.74) is 0.435. The smallest absolute Gasteiger partial charge is 0.119 e. The van der Waals surface area contributed by atoms with Crippen LogP contribution in [0.3, 0.4) is 0 Å². The second-order valence-electron chi connectivity index (χ2n) is 6.91. The number of hydrogen-bond donors (Lipinski definition) is 0. The average Bonchev–Trinajstić information content (AvgIpc) is 2.06. The van der Waals surface area contributed by atoms with E-state index in [1.165, 1.54) is 25.7 Å². The van der Waals surface area contributed by atoms with Gasteiger partial charge in [0.1, 0.15) is 6.54 Å². The molecule has 0 aliphatic rings. The largest absolute Gasteiger partial charge is 0.544 e. The number of quaternary nitrogens is 1. The number of carbonyl (C=O) groups excluding carboxylic acids is 1. The molecule has 0 radical (unpaired) electrons. The predicted molar refractivity (Wildman–Crippen MR) is 69.4 cm³/mol. The summed E-state index contributed by atoms with van der Waals surface area (Å²) in [6.45, 7) is 7.85. The van der Waals surface area contributed by atoms with Crippen molar-refractivity contribution in [1.82, 2.24) is 0 Å². The summed E-state index contributed by atoms with van der Waals surface area (Å²) >= 11 is 0. The zero-order valence-corrected chi connectivity index (χ0v) is 12.2. The monoisotopic (exact) mass is 243 g/mol. The van der Waals surface area contributed by atoms with Crippen molar-refractivity contribution in [1.29, 1.82) is 0 Å². The van der Waals surface area contributed by atoms with Gasteiger partial charge in [-0.25, -0.2) is 0 Å². The van der Waals surface area contributed by atoms with Gasteiger partial charge in [0.25, 0.3) is 0 Å². The van der Waals surface area contributed by atoms with Crippen LogP contribution >= 0.6 is 0 Å². The highest BCUT2D eigenvalue weighted by atomic mass is 16.4. The van der Waals surface area contributed by atoms with E-state index in [9.17, 15) is 9.90 Å². The number of hydrogen-bond acceptors (Lipinski definition) is 2. The fourth-order valence-electron chi connectivity index (χ4n) is 1.98. The maximum absolute atomic E-state index is 10.5. The molecule has 0 aliphatic carbocycles. The molecule has 0 amide bonds. The number of likely N-dealkylation sites (N-methyl/N-ethyl adjacent to an activating group) is 1. The summed E-state index contributed by atoms with van der Waals surface area (Å²) in [5, 5.41) is 10.5. The molecule has 0 atom stereocenters. The van der Waals surface area contributed by atoms with Crippen molar-refractivity contribution in [2.45, 2.75) is 52.9 Å². The van der Waals surface area contributed by atoms with Gasteiger partial charge in [-0.15, -0.1) is 0 Å². The van der Waals surface area contributed by atoms with Crippen LogP contribution in [0.15, 0.2) is 0 Å².